The lowest BCUT2D eigenvalue weighted by atomic mass is 10.2. The molecular formula is C19H26N4O2. The summed E-state index contributed by atoms with van der Waals surface area (Å²) in [4.78, 5) is 16.9. The maximum atomic E-state index is 12.6. The molecule has 0 aliphatic carbocycles. The SMILES string of the molecule is Cc1cnn(C(C)C(=O)N2CCN(CCOc3ccccc3)CC2)c1. The minimum Gasteiger partial charge on any atom is -0.492 e. The van der Waals surface area contributed by atoms with Gasteiger partial charge in [-0.1, -0.05) is 18.2 Å². The lowest BCUT2D eigenvalue weighted by molar-refractivity contribution is -0.136. The number of carbonyl (C=O) groups excluding carboxylic acids is 1. The number of rotatable bonds is 6. The van der Waals surface area contributed by atoms with Crippen molar-refractivity contribution in [3.05, 3.63) is 48.3 Å². The lowest BCUT2D eigenvalue weighted by Gasteiger charge is -2.35. The summed E-state index contributed by atoms with van der Waals surface area (Å²) in [7, 11) is 0. The second kappa shape index (κ2) is 8.16. The molecular weight excluding hydrogens is 316 g/mol. The summed E-state index contributed by atoms with van der Waals surface area (Å²) in [5.74, 6) is 1.04. The standard InChI is InChI=1S/C19H26N4O2/c1-16-14-20-23(15-16)17(2)19(24)22-10-8-21(9-11-22)12-13-25-18-6-4-3-5-7-18/h3-7,14-15,17H,8-13H2,1-2H3. The minimum absolute atomic E-state index is 0.142. The smallest absolute Gasteiger partial charge is 0.247 e. The normalized spacial score (nSPS) is 16.6. The van der Waals surface area contributed by atoms with E-state index in [4.69, 9.17) is 4.74 Å². The molecule has 1 atom stereocenters. The van der Waals surface area contributed by atoms with Crippen LogP contribution in [0.15, 0.2) is 42.7 Å². The fraction of sp³-hybridized carbons (Fsp3) is 0.474. The van der Waals surface area contributed by atoms with Gasteiger partial charge in [-0.3, -0.25) is 14.4 Å². The fourth-order valence-electron chi connectivity index (χ4n) is 3.02. The van der Waals surface area contributed by atoms with Crippen molar-refractivity contribution in [3.8, 4) is 5.75 Å². The summed E-state index contributed by atoms with van der Waals surface area (Å²) in [5.41, 5.74) is 1.07. The van der Waals surface area contributed by atoms with Crippen LogP contribution in [0.4, 0.5) is 0 Å². The van der Waals surface area contributed by atoms with Gasteiger partial charge >= 0.3 is 0 Å². The fourth-order valence-corrected chi connectivity index (χ4v) is 3.02. The van der Waals surface area contributed by atoms with Crippen molar-refractivity contribution < 1.29 is 9.53 Å². The van der Waals surface area contributed by atoms with Crippen molar-refractivity contribution in [3.63, 3.8) is 0 Å². The van der Waals surface area contributed by atoms with E-state index < -0.39 is 0 Å². The highest BCUT2D eigenvalue weighted by atomic mass is 16.5. The van der Waals surface area contributed by atoms with Crippen LogP contribution in [0, 0.1) is 6.92 Å². The third-order valence-corrected chi connectivity index (χ3v) is 4.59. The molecule has 0 bridgehead atoms. The maximum absolute atomic E-state index is 12.6. The number of piperazine rings is 1. The molecule has 1 aliphatic heterocycles. The Morgan fingerprint density at radius 2 is 1.92 bits per heavy atom. The average Bonchev–Trinajstić information content (AvgIpc) is 3.08. The second-order valence-corrected chi connectivity index (χ2v) is 6.50. The first-order valence-electron chi connectivity index (χ1n) is 8.83. The lowest BCUT2D eigenvalue weighted by Crippen LogP contribution is -2.51. The number of aromatic nitrogens is 2. The van der Waals surface area contributed by atoms with Crippen LogP contribution in [-0.2, 0) is 4.79 Å². The van der Waals surface area contributed by atoms with Gasteiger partial charge in [0.05, 0.1) is 6.20 Å². The summed E-state index contributed by atoms with van der Waals surface area (Å²) in [6, 6.07) is 9.62. The van der Waals surface area contributed by atoms with E-state index >= 15 is 0 Å². The van der Waals surface area contributed by atoms with Crippen LogP contribution in [0.3, 0.4) is 0 Å². The highest BCUT2D eigenvalue weighted by Gasteiger charge is 2.26. The van der Waals surface area contributed by atoms with E-state index in [2.05, 4.69) is 10.00 Å². The van der Waals surface area contributed by atoms with Crippen molar-refractivity contribution in [1.29, 1.82) is 0 Å². The molecule has 1 aromatic heterocycles. The third-order valence-electron chi connectivity index (χ3n) is 4.59. The predicted octanol–water partition coefficient (Wildman–Crippen LogP) is 1.98. The minimum atomic E-state index is -0.248. The Labute approximate surface area is 149 Å². The number of hydrogen-bond acceptors (Lipinski definition) is 4. The van der Waals surface area contributed by atoms with Crippen LogP contribution in [0.5, 0.6) is 5.75 Å². The summed E-state index contributed by atoms with van der Waals surface area (Å²) in [6.07, 6.45) is 3.70. The number of carbonyl (C=O) groups is 1. The number of benzene rings is 1. The van der Waals surface area contributed by atoms with Crippen LogP contribution < -0.4 is 4.74 Å². The van der Waals surface area contributed by atoms with Crippen LogP contribution in [-0.4, -0.2) is 64.8 Å². The zero-order valence-electron chi connectivity index (χ0n) is 15.0. The van der Waals surface area contributed by atoms with Crippen LogP contribution in [0.2, 0.25) is 0 Å². The van der Waals surface area contributed by atoms with Crippen molar-refractivity contribution in [2.24, 2.45) is 0 Å². The number of ether oxygens (including phenoxy) is 1. The first-order chi connectivity index (χ1) is 12.1. The van der Waals surface area contributed by atoms with E-state index in [0.717, 1.165) is 44.0 Å². The largest absolute Gasteiger partial charge is 0.492 e. The zero-order valence-corrected chi connectivity index (χ0v) is 15.0. The summed E-state index contributed by atoms with van der Waals surface area (Å²) in [5, 5.41) is 4.26. The van der Waals surface area contributed by atoms with E-state index in [0.29, 0.717) is 6.61 Å². The van der Waals surface area contributed by atoms with Crippen molar-refractivity contribution >= 4 is 5.91 Å². The molecule has 0 saturated carbocycles. The molecule has 6 nitrogen and oxygen atoms in total. The first-order valence-corrected chi connectivity index (χ1v) is 8.83. The van der Waals surface area contributed by atoms with Gasteiger partial charge in [-0.2, -0.15) is 5.10 Å². The number of amides is 1. The van der Waals surface area contributed by atoms with Crippen molar-refractivity contribution in [1.82, 2.24) is 19.6 Å². The molecule has 1 amide bonds. The molecule has 1 fully saturated rings. The van der Waals surface area contributed by atoms with E-state index in [1.54, 1.807) is 10.9 Å². The topological polar surface area (TPSA) is 50.6 Å². The zero-order chi connectivity index (χ0) is 17.6. The number of para-hydroxylation sites is 1. The molecule has 1 aromatic carbocycles. The van der Waals surface area contributed by atoms with E-state index in [1.165, 1.54) is 0 Å². The Morgan fingerprint density at radius 3 is 2.56 bits per heavy atom. The van der Waals surface area contributed by atoms with Gasteiger partial charge in [-0.25, -0.2) is 0 Å². The molecule has 0 radical (unpaired) electrons. The predicted molar refractivity (Wildman–Crippen MR) is 96.6 cm³/mol. The second-order valence-electron chi connectivity index (χ2n) is 6.50. The summed E-state index contributed by atoms with van der Waals surface area (Å²) in [6.45, 7) is 8.73. The Kier molecular flexibility index (Phi) is 5.71. The highest BCUT2D eigenvalue weighted by molar-refractivity contribution is 5.80. The number of aryl methyl sites for hydroxylation is 1. The van der Waals surface area contributed by atoms with Gasteiger partial charge in [0.15, 0.2) is 0 Å². The number of hydrogen-bond donors (Lipinski definition) is 0. The molecule has 1 saturated heterocycles. The van der Waals surface area contributed by atoms with Gasteiger partial charge in [0.1, 0.15) is 18.4 Å². The van der Waals surface area contributed by atoms with E-state index in [-0.39, 0.29) is 11.9 Å². The van der Waals surface area contributed by atoms with Crippen LogP contribution in [0.1, 0.15) is 18.5 Å². The highest BCUT2D eigenvalue weighted by Crippen LogP contribution is 2.13. The van der Waals surface area contributed by atoms with E-state index in [1.807, 2.05) is 55.3 Å². The first kappa shape index (κ1) is 17.5. The number of nitrogens with zero attached hydrogens (tertiary/aromatic N) is 4. The quantitative estimate of drug-likeness (QED) is 0.805. The van der Waals surface area contributed by atoms with Gasteiger partial charge < -0.3 is 9.64 Å². The molecule has 2 heterocycles. The van der Waals surface area contributed by atoms with Gasteiger partial charge in [-0.15, -0.1) is 0 Å². The molecule has 3 rings (SSSR count). The molecule has 6 heteroatoms. The molecule has 1 aliphatic rings. The van der Waals surface area contributed by atoms with Gasteiger partial charge in [0, 0.05) is 38.9 Å². The van der Waals surface area contributed by atoms with Crippen LogP contribution in [0.25, 0.3) is 0 Å². The van der Waals surface area contributed by atoms with Crippen molar-refractivity contribution in [2.75, 3.05) is 39.3 Å². The summed E-state index contributed by atoms with van der Waals surface area (Å²) < 4.78 is 7.50. The maximum Gasteiger partial charge on any atom is 0.247 e. The molecule has 1 unspecified atom stereocenters. The average molecular weight is 342 g/mol. The summed E-state index contributed by atoms with van der Waals surface area (Å²) >= 11 is 0. The Balaban J connectivity index is 1.41. The van der Waals surface area contributed by atoms with Gasteiger partial charge in [0.2, 0.25) is 5.91 Å². The van der Waals surface area contributed by atoms with Gasteiger partial charge in [0.25, 0.3) is 0 Å². The van der Waals surface area contributed by atoms with Gasteiger partial charge in [-0.05, 0) is 31.5 Å². The Morgan fingerprint density at radius 1 is 1.20 bits per heavy atom. The third kappa shape index (κ3) is 4.60. The Bertz CT molecular complexity index is 678. The van der Waals surface area contributed by atoms with Crippen LogP contribution >= 0.6 is 0 Å². The molecule has 0 spiro atoms. The van der Waals surface area contributed by atoms with Crippen molar-refractivity contribution in [2.45, 2.75) is 19.9 Å². The van der Waals surface area contributed by atoms with E-state index in [9.17, 15) is 4.79 Å². The molecule has 2 aromatic rings. The monoisotopic (exact) mass is 342 g/mol. The molecule has 134 valence electrons. The molecule has 25 heavy (non-hydrogen) atoms. The molecule has 0 N–H and O–H groups in total. The Hall–Kier alpha value is -2.34.